The zero-order valence-electron chi connectivity index (χ0n) is 22.7. The molecule has 9 nitrogen and oxygen atoms in total. The first-order valence-corrected chi connectivity index (χ1v) is 14.4. The standard InChI is InChI=1S/C30H31N5O4S/c1-4-24(36)34-14-6-8-19(16-34)32-28(37)27-26-25-22(12-13-31-29(25)40-27)35(30(38)33-26)21-11-10-20(15-18(21)3)39-23-9-5-7-17(23)2/h5,7,9-13,15,17,19H,4,6,8,14,16H2,1-3H3,(H,32,37)(H,33,38). The van der Waals surface area contributed by atoms with E-state index in [0.29, 0.717) is 46.3 Å². The summed E-state index contributed by atoms with van der Waals surface area (Å²) in [6.45, 7) is 7.07. The van der Waals surface area contributed by atoms with Crippen LogP contribution in [0.3, 0.4) is 0 Å². The number of pyridine rings is 1. The number of ether oxygens (including phenoxy) is 1. The van der Waals surface area contributed by atoms with Crippen molar-refractivity contribution in [3.63, 3.8) is 0 Å². The van der Waals surface area contributed by atoms with Gasteiger partial charge in [-0.15, -0.1) is 11.3 Å². The number of piperidine rings is 1. The Morgan fingerprint density at radius 1 is 1.25 bits per heavy atom. The molecular formula is C30H31N5O4S. The highest BCUT2D eigenvalue weighted by Crippen LogP contribution is 2.46. The number of thiophene rings is 1. The predicted molar refractivity (Wildman–Crippen MR) is 156 cm³/mol. The van der Waals surface area contributed by atoms with Gasteiger partial charge in [0, 0.05) is 37.7 Å². The highest BCUT2D eigenvalue weighted by atomic mass is 32.1. The summed E-state index contributed by atoms with van der Waals surface area (Å²) in [6, 6.07) is 6.97. The molecule has 1 saturated heterocycles. The van der Waals surface area contributed by atoms with Crippen LogP contribution in [0.2, 0.25) is 0 Å². The second kappa shape index (κ2) is 10.4. The molecule has 2 unspecified atom stereocenters. The molecule has 206 valence electrons. The molecule has 0 saturated carbocycles. The Kier molecular flexibility index (Phi) is 6.79. The molecule has 0 bridgehead atoms. The van der Waals surface area contributed by atoms with Gasteiger partial charge in [-0.05, 0) is 55.7 Å². The van der Waals surface area contributed by atoms with Gasteiger partial charge in [-0.3, -0.25) is 14.5 Å². The maximum atomic E-state index is 13.5. The van der Waals surface area contributed by atoms with Crippen LogP contribution >= 0.6 is 11.3 Å². The van der Waals surface area contributed by atoms with Crippen molar-refractivity contribution in [3.8, 4) is 5.75 Å². The van der Waals surface area contributed by atoms with Crippen molar-refractivity contribution >= 4 is 56.5 Å². The first kappa shape index (κ1) is 26.1. The van der Waals surface area contributed by atoms with Crippen LogP contribution in [-0.2, 0) is 4.79 Å². The quantitative estimate of drug-likeness (QED) is 0.394. The van der Waals surface area contributed by atoms with Crippen molar-refractivity contribution < 1.29 is 19.1 Å². The van der Waals surface area contributed by atoms with E-state index in [1.807, 2.05) is 49.1 Å². The van der Waals surface area contributed by atoms with Gasteiger partial charge in [-0.2, -0.15) is 0 Å². The fraction of sp³-hybridized carbons (Fsp3) is 0.333. The number of benzene rings is 1. The van der Waals surface area contributed by atoms with Crippen LogP contribution in [-0.4, -0.2) is 46.9 Å². The van der Waals surface area contributed by atoms with Crippen LogP contribution in [0, 0.1) is 12.8 Å². The Bertz CT molecular complexity index is 1590. The number of nitrogens with one attached hydrogen (secondary N) is 2. The van der Waals surface area contributed by atoms with Gasteiger partial charge in [0.15, 0.2) is 0 Å². The van der Waals surface area contributed by atoms with Crippen LogP contribution < -0.4 is 20.3 Å². The lowest BCUT2D eigenvalue weighted by Gasteiger charge is -2.33. The topological polar surface area (TPSA) is 104 Å². The molecule has 3 aliphatic rings. The van der Waals surface area contributed by atoms with E-state index in [0.717, 1.165) is 35.2 Å². The minimum Gasteiger partial charge on any atom is -0.461 e. The number of urea groups is 1. The van der Waals surface area contributed by atoms with E-state index in [1.54, 1.807) is 17.2 Å². The van der Waals surface area contributed by atoms with Crippen LogP contribution in [0.4, 0.5) is 21.9 Å². The number of hydrogen-bond acceptors (Lipinski definition) is 6. The molecule has 2 aromatic heterocycles. The Balaban J connectivity index is 1.28. The highest BCUT2D eigenvalue weighted by molar-refractivity contribution is 7.21. The number of anilines is 3. The summed E-state index contributed by atoms with van der Waals surface area (Å²) in [4.78, 5) is 48.2. The number of allylic oxidation sites excluding steroid dienone is 3. The molecule has 3 aromatic rings. The molecule has 0 radical (unpaired) electrons. The molecule has 2 N–H and O–H groups in total. The fourth-order valence-corrected chi connectivity index (χ4v) is 6.57. The maximum absolute atomic E-state index is 13.5. The van der Waals surface area contributed by atoms with Gasteiger partial charge in [0.25, 0.3) is 5.91 Å². The first-order valence-electron chi connectivity index (χ1n) is 13.6. The fourth-order valence-electron chi connectivity index (χ4n) is 5.55. The summed E-state index contributed by atoms with van der Waals surface area (Å²) in [5, 5.41) is 6.79. The third-order valence-corrected chi connectivity index (χ3v) is 8.71. The summed E-state index contributed by atoms with van der Waals surface area (Å²) in [7, 11) is 0. The van der Waals surface area contributed by atoms with Crippen molar-refractivity contribution in [1.82, 2.24) is 15.2 Å². The van der Waals surface area contributed by atoms with E-state index in [4.69, 9.17) is 4.74 Å². The van der Waals surface area contributed by atoms with Gasteiger partial charge in [-0.25, -0.2) is 9.78 Å². The van der Waals surface area contributed by atoms with Crippen LogP contribution in [0.25, 0.3) is 10.2 Å². The van der Waals surface area contributed by atoms with Gasteiger partial charge in [0.1, 0.15) is 21.2 Å². The molecule has 4 heterocycles. The van der Waals surface area contributed by atoms with Crippen molar-refractivity contribution in [2.75, 3.05) is 23.3 Å². The smallest absolute Gasteiger partial charge is 0.331 e. The molecule has 10 heteroatoms. The minimum absolute atomic E-state index is 0.0918. The molecule has 4 amide bonds. The highest BCUT2D eigenvalue weighted by Gasteiger charge is 2.34. The summed E-state index contributed by atoms with van der Waals surface area (Å²) in [5.41, 5.74) is 2.74. The van der Waals surface area contributed by atoms with Gasteiger partial charge in [0.2, 0.25) is 5.91 Å². The van der Waals surface area contributed by atoms with E-state index in [-0.39, 0.29) is 29.8 Å². The lowest BCUT2D eigenvalue weighted by molar-refractivity contribution is -0.132. The lowest BCUT2D eigenvalue weighted by Crippen LogP contribution is -2.49. The minimum atomic E-state index is -0.349. The number of amides is 4. The number of carbonyl (C=O) groups excluding carboxylic acids is 3. The normalized spacial score (nSPS) is 20.0. The number of nitrogens with zero attached hydrogens (tertiary/aromatic N) is 3. The SMILES string of the molecule is CCC(=O)N1CCCC(NC(=O)c2sc3nccc4c3c2NC(=O)N4c2ccc(OC3=CC=CC3C)cc2C)C1. The summed E-state index contributed by atoms with van der Waals surface area (Å²) in [6.07, 6.45) is 9.77. The number of aryl methyl sites for hydroxylation is 1. The molecule has 6 rings (SSSR count). The average molecular weight is 558 g/mol. The Morgan fingerprint density at radius 2 is 2.10 bits per heavy atom. The third kappa shape index (κ3) is 4.62. The first-order chi connectivity index (χ1) is 19.3. The van der Waals surface area contributed by atoms with Gasteiger partial charge in [-0.1, -0.05) is 26.0 Å². The summed E-state index contributed by atoms with van der Waals surface area (Å²) < 4.78 is 6.07. The molecule has 1 fully saturated rings. The zero-order chi connectivity index (χ0) is 28.0. The summed E-state index contributed by atoms with van der Waals surface area (Å²) >= 11 is 1.26. The van der Waals surface area contributed by atoms with E-state index in [9.17, 15) is 14.4 Å². The number of hydrogen-bond donors (Lipinski definition) is 2. The molecule has 1 aromatic carbocycles. The molecular weight excluding hydrogens is 526 g/mol. The number of likely N-dealkylation sites (tertiary alicyclic amines) is 1. The van der Waals surface area contributed by atoms with E-state index >= 15 is 0 Å². The number of aromatic nitrogens is 1. The van der Waals surface area contributed by atoms with Gasteiger partial charge >= 0.3 is 6.03 Å². The predicted octanol–water partition coefficient (Wildman–Crippen LogP) is 5.89. The molecule has 2 aliphatic heterocycles. The van der Waals surface area contributed by atoms with Gasteiger partial charge in [0.05, 0.1) is 22.4 Å². The molecule has 0 spiro atoms. The Hall–Kier alpha value is -4.18. The maximum Gasteiger partial charge on any atom is 0.331 e. The third-order valence-electron chi connectivity index (χ3n) is 7.62. The largest absolute Gasteiger partial charge is 0.461 e. The lowest BCUT2D eigenvalue weighted by atomic mass is 10.0. The van der Waals surface area contributed by atoms with Crippen molar-refractivity contribution in [2.24, 2.45) is 5.92 Å². The summed E-state index contributed by atoms with van der Waals surface area (Å²) in [5.74, 6) is 1.63. The van der Waals surface area contributed by atoms with Crippen molar-refractivity contribution in [2.45, 2.75) is 46.1 Å². The number of rotatable bonds is 6. The van der Waals surface area contributed by atoms with Gasteiger partial charge < -0.3 is 20.3 Å². The van der Waals surface area contributed by atoms with Crippen molar-refractivity contribution in [3.05, 3.63) is 64.9 Å². The zero-order valence-corrected chi connectivity index (χ0v) is 23.5. The number of carbonyl (C=O) groups is 3. The van der Waals surface area contributed by atoms with Crippen LogP contribution in [0.1, 0.15) is 48.3 Å². The monoisotopic (exact) mass is 557 g/mol. The second-order valence-corrected chi connectivity index (χ2v) is 11.4. The van der Waals surface area contributed by atoms with E-state index in [1.165, 1.54) is 11.3 Å². The molecule has 40 heavy (non-hydrogen) atoms. The van der Waals surface area contributed by atoms with Crippen LogP contribution in [0.15, 0.2) is 54.4 Å². The molecule has 1 aliphatic carbocycles. The Morgan fingerprint density at radius 3 is 2.85 bits per heavy atom. The average Bonchev–Trinajstić information content (AvgIpc) is 3.53. The Labute approximate surface area is 236 Å². The van der Waals surface area contributed by atoms with E-state index in [2.05, 4.69) is 28.6 Å². The van der Waals surface area contributed by atoms with Crippen molar-refractivity contribution in [1.29, 1.82) is 0 Å². The van der Waals surface area contributed by atoms with Crippen LogP contribution in [0.5, 0.6) is 5.75 Å². The van der Waals surface area contributed by atoms with E-state index < -0.39 is 0 Å². The second-order valence-electron chi connectivity index (χ2n) is 10.4. The molecule has 2 atom stereocenters.